The van der Waals surface area contributed by atoms with Crippen LogP contribution in [-0.4, -0.2) is 59.7 Å². The van der Waals surface area contributed by atoms with Crippen LogP contribution in [0.5, 0.6) is 5.75 Å². The summed E-state index contributed by atoms with van der Waals surface area (Å²) in [5.74, 6) is -2.84. The molecule has 1 amide bonds. The van der Waals surface area contributed by atoms with Crippen molar-refractivity contribution in [3.8, 4) is 5.75 Å². The monoisotopic (exact) mass is 466 g/mol. The van der Waals surface area contributed by atoms with Gasteiger partial charge in [0.1, 0.15) is 12.4 Å². The molecule has 0 saturated carbocycles. The molecule has 0 radical (unpaired) electrons. The van der Waals surface area contributed by atoms with Gasteiger partial charge in [-0.05, 0) is 49.9 Å². The maximum Gasteiger partial charge on any atom is 0.414 e. The zero-order valence-electron chi connectivity index (χ0n) is 16.1. The Morgan fingerprint density at radius 1 is 1.07 bits per heavy atom. The largest absolute Gasteiger partial charge is 0.492 e. The lowest BCUT2D eigenvalue weighted by Crippen LogP contribution is -2.33. The number of hydrogen-bond donors (Lipinski definition) is 3. The number of aliphatic carboxylic acids is 2. The van der Waals surface area contributed by atoms with Crippen molar-refractivity contribution >= 4 is 39.5 Å². The van der Waals surface area contributed by atoms with Crippen LogP contribution in [-0.2, 0) is 14.4 Å². The van der Waals surface area contributed by atoms with Crippen molar-refractivity contribution in [3.05, 3.63) is 58.6 Å². The number of amides is 1. The summed E-state index contributed by atoms with van der Waals surface area (Å²) >= 11 is 3.45. The number of carbonyl (C=O) groups is 3. The molecule has 0 saturated heterocycles. The first-order chi connectivity index (χ1) is 13.7. The number of benzene rings is 2. The molecule has 0 unspecified atom stereocenters. The third-order valence-electron chi connectivity index (χ3n) is 3.52. The summed E-state index contributed by atoms with van der Waals surface area (Å²) < 4.78 is 6.66. The highest BCUT2D eigenvalue weighted by atomic mass is 79.9. The van der Waals surface area contributed by atoms with Crippen molar-refractivity contribution in [3.63, 3.8) is 0 Å². The van der Waals surface area contributed by atoms with E-state index in [1.165, 1.54) is 0 Å². The fraction of sp³-hybridized carbons (Fsp3) is 0.250. The fourth-order valence-corrected chi connectivity index (χ4v) is 2.33. The maximum atomic E-state index is 12.0. The van der Waals surface area contributed by atoms with Gasteiger partial charge in [-0.25, -0.2) is 9.59 Å². The molecule has 2 aromatic carbocycles. The topological polar surface area (TPSA) is 116 Å². The standard InChI is InChI=1S/C18H21BrN2O2.C2H2O4/c1-14-12-15(8-9-17(14)19)20-18(22)13-21(2)10-11-23-16-6-4-3-5-7-16;3-1(4)2(5)6/h3-9,12H,10-11,13H2,1-2H3,(H,20,22);(H,3,4)(H,5,6). The minimum atomic E-state index is -1.82. The van der Waals surface area contributed by atoms with Crippen molar-refractivity contribution < 1.29 is 29.3 Å². The SMILES string of the molecule is Cc1cc(NC(=O)CN(C)CCOc2ccccc2)ccc1Br.O=C(O)C(=O)O. The molecule has 3 N–H and O–H groups in total. The minimum Gasteiger partial charge on any atom is -0.492 e. The molecule has 2 aromatic rings. The highest BCUT2D eigenvalue weighted by Crippen LogP contribution is 2.19. The van der Waals surface area contributed by atoms with E-state index in [1.807, 2.05) is 67.4 Å². The van der Waals surface area contributed by atoms with Gasteiger partial charge < -0.3 is 20.3 Å². The van der Waals surface area contributed by atoms with Gasteiger partial charge in [0.15, 0.2) is 0 Å². The normalized spacial score (nSPS) is 9.93. The molecule has 8 nitrogen and oxygen atoms in total. The van der Waals surface area contributed by atoms with Crippen LogP contribution in [0.2, 0.25) is 0 Å². The number of aryl methyl sites for hydroxylation is 1. The Hall–Kier alpha value is -2.91. The van der Waals surface area contributed by atoms with E-state index in [9.17, 15) is 4.79 Å². The molecule has 0 aliphatic heterocycles. The van der Waals surface area contributed by atoms with Gasteiger partial charge in [0.2, 0.25) is 5.91 Å². The van der Waals surface area contributed by atoms with Gasteiger partial charge in [0, 0.05) is 16.7 Å². The van der Waals surface area contributed by atoms with Crippen molar-refractivity contribution in [2.24, 2.45) is 0 Å². The van der Waals surface area contributed by atoms with Crippen LogP contribution in [0.1, 0.15) is 5.56 Å². The van der Waals surface area contributed by atoms with E-state index < -0.39 is 11.9 Å². The van der Waals surface area contributed by atoms with E-state index in [-0.39, 0.29) is 5.91 Å². The molecule has 156 valence electrons. The zero-order valence-corrected chi connectivity index (χ0v) is 17.7. The molecule has 0 heterocycles. The molecule has 0 aliphatic carbocycles. The second kappa shape index (κ2) is 12.5. The molecule has 0 fully saturated rings. The van der Waals surface area contributed by atoms with E-state index in [4.69, 9.17) is 24.5 Å². The van der Waals surface area contributed by atoms with Gasteiger partial charge in [0.25, 0.3) is 0 Å². The summed E-state index contributed by atoms with van der Waals surface area (Å²) in [6, 6.07) is 15.4. The predicted molar refractivity (Wildman–Crippen MR) is 112 cm³/mol. The van der Waals surface area contributed by atoms with Crippen LogP contribution in [0.15, 0.2) is 53.0 Å². The third kappa shape index (κ3) is 10.3. The molecular formula is C20H23BrN2O6. The third-order valence-corrected chi connectivity index (χ3v) is 4.41. The summed E-state index contributed by atoms with van der Waals surface area (Å²) in [7, 11) is 1.90. The van der Waals surface area contributed by atoms with Crippen LogP contribution in [0, 0.1) is 6.92 Å². The molecule has 9 heteroatoms. The Bertz CT molecular complexity index is 817. The van der Waals surface area contributed by atoms with Gasteiger partial charge in [-0.1, -0.05) is 34.1 Å². The Morgan fingerprint density at radius 3 is 2.24 bits per heavy atom. The number of para-hydroxylation sites is 1. The molecule has 0 bridgehead atoms. The van der Waals surface area contributed by atoms with Crippen LogP contribution in [0.25, 0.3) is 0 Å². The summed E-state index contributed by atoms with van der Waals surface area (Å²) in [6.45, 7) is 3.55. The number of anilines is 1. The molecule has 0 spiro atoms. The van der Waals surface area contributed by atoms with E-state index in [1.54, 1.807) is 0 Å². The van der Waals surface area contributed by atoms with Gasteiger partial charge in [0.05, 0.1) is 6.54 Å². The quantitative estimate of drug-likeness (QED) is 0.537. The van der Waals surface area contributed by atoms with Crippen LogP contribution >= 0.6 is 15.9 Å². The number of carbonyl (C=O) groups excluding carboxylic acids is 1. The van der Waals surface area contributed by atoms with E-state index in [2.05, 4.69) is 21.2 Å². The number of hydrogen-bond acceptors (Lipinski definition) is 5. The Kier molecular flexibility index (Phi) is 10.4. The number of carboxylic acids is 2. The lowest BCUT2D eigenvalue weighted by atomic mass is 10.2. The molecule has 0 atom stereocenters. The number of likely N-dealkylation sites (N-methyl/N-ethyl adjacent to an activating group) is 1. The van der Waals surface area contributed by atoms with Gasteiger partial charge in [-0.15, -0.1) is 0 Å². The molecular weight excluding hydrogens is 444 g/mol. The number of rotatable bonds is 7. The number of carboxylic acid groups (broad SMARTS) is 2. The predicted octanol–water partition coefficient (Wildman–Crippen LogP) is 2.86. The highest BCUT2D eigenvalue weighted by Gasteiger charge is 2.08. The van der Waals surface area contributed by atoms with E-state index >= 15 is 0 Å². The van der Waals surface area contributed by atoms with Gasteiger partial charge in [-0.2, -0.15) is 0 Å². The average molecular weight is 467 g/mol. The first kappa shape index (κ1) is 24.1. The summed E-state index contributed by atoms with van der Waals surface area (Å²) in [5, 5.41) is 17.7. The lowest BCUT2D eigenvalue weighted by molar-refractivity contribution is -0.159. The number of nitrogens with one attached hydrogen (secondary N) is 1. The fourth-order valence-electron chi connectivity index (χ4n) is 2.08. The first-order valence-electron chi connectivity index (χ1n) is 8.57. The Balaban J connectivity index is 0.000000612. The maximum absolute atomic E-state index is 12.0. The van der Waals surface area contributed by atoms with Gasteiger partial charge >= 0.3 is 11.9 Å². The van der Waals surface area contributed by atoms with Crippen LogP contribution in [0.4, 0.5) is 5.69 Å². The molecule has 2 rings (SSSR count). The van der Waals surface area contributed by atoms with Crippen molar-refractivity contribution in [1.29, 1.82) is 0 Å². The van der Waals surface area contributed by atoms with Crippen LogP contribution < -0.4 is 10.1 Å². The second-order valence-corrected chi connectivity index (χ2v) is 6.88. The molecule has 29 heavy (non-hydrogen) atoms. The lowest BCUT2D eigenvalue weighted by Gasteiger charge is -2.17. The van der Waals surface area contributed by atoms with Crippen molar-refractivity contribution in [1.82, 2.24) is 4.90 Å². The number of ether oxygens (including phenoxy) is 1. The smallest absolute Gasteiger partial charge is 0.414 e. The van der Waals surface area contributed by atoms with E-state index in [0.29, 0.717) is 19.7 Å². The minimum absolute atomic E-state index is 0.0334. The summed E-state index contributed by atoms with van der Waals surface area (Å²) in [4.78, 5) is 32.2. The van der Waals surface area contributed by atoms with Crippen molar-refractivity contribution in [2.45, 2.75) is 6.92 Å². The highest BCUT2D eigenvalue weighted by molar-refractivity contribution is 9.10. The molecule has 0 aliphatic rings. The van der Waals surface area contributed by atoms with Gasteiger partial charge in [-0.3, -0.25) is 9.69 Å². The average Bonchev–Trinajstić information content (AvgIpc) is 2.66. The molecule has 0 aromatic heterocycles. The number of nitrogens with zero attached hydrogens (tertiary/aromatic N) is 1. The number of halogens is 1. The second-order valence-electron chi connectivity index (χ2n) is 6.02. The Labute approximate surface area is 177 Å². The summed E-state index contributed by atoms with van der Waals surface area (Å²) in [5.41, 5.74) is 1.90. The van der Waals surface area contributed by atoms with Crippen molar-refractivity contribution in [2.75, 3.05) is 32.1 Å². The van der Waals surface area contributed by atoms with E-state index in [0.717, 1.165) is 21.5 Å². The zero-order chi connectivity index (χ0) is 21.8. The Morgan fingerprint density at radius 2 is 1.69 bits per heavy atom. The first-order valence-corrected chi connectivity index (χ1v) is 9.37. The summed E-state index contributed by atoms with van der Waals surface area (Å²) in [6.07, 6.45) is 0. The van der Waals surface area contributed by atoms with Crippen LogP contribution in [0.3, 0.4) is 0 Å².